The lowest BCUT2D eigenvalue weighted by Gasteiger charge is -2.32. The van der Waals surface area contributed by atoms with E-state index in [0.29, 0.717) is 26.1 Å². The Hall–Kier alpha value is -1.64. The molecule has 0 radical (unpaired) electrons. The molecule has 1 aromatic carbocycles. The molecule has 4 heteroatoms. The standard InChI is InChI=1S/C14H17NO3/c1-11-9-12(3-4-13(11)17-2)14(15-10-16)5-7-18-8-6-14/h3-4,9H,5-8H2,1-2H3. The molecule has 4 nitrogen and oxygen atoms in total. The zero-order chi connectivity index (χ0) is 13.0. The average Bonchev–Trinajstić information content (AvgIpc) is 2.40. The molecule has 0 unspecified atom stereocenters. The molecule has 0 amide bonds. The van der Waals surface area contributed by atoms with Crippen molar-refractivity contribution in [3.63, 3.8) is 0 Å². The van der Waals surface area contributed by atoms with Gasteiger partial charge in [-0.15, -0.1) is 0 Å². The van der Waals surface area contributed by atoms with Gasteiger partial charge in [-0.3, -0.25) is 0 Å². The quantitative estimate of drug-likeness (QED) is 0.608. The third-order valence-electron chi connectivity index (χ3n) is 3.51. The zero-order valence-electron chi connectivity index (χ0n) is 10.7. The molecular weight excluding hydrogens is 230 g/mol. The number of ether oxygens (including phenoxy) is 2. The van der Waals surface area contributed by atoms with Crippen molar-refractivity contribution in [2.24, 2.45) is 4.99 Å². The van der Waals surface area contributed by atoms with E-state index in [1.54, 1.807) is 13.2 Å². The van der Waals surface area contributed by atoms with Crippen LogP contribution in [0, 0.1) is 6.92 Å². The summed E-state index contributed by atoms with van der Waals surface area (Å²) < 4.78 is 10.6. The van der Waals surface area contributed by atoms with E-state index < -0.39 is 5.54 Å². The molecule has 0 aromatic heterocycles. The maximum atomic E-state index is 10.7. The number of carbonyl (C=O) groups excluding carboxylic acids is 1. The van der Waals surface area contributed by atoms with Crippen molar-refractivity contribution < 1.29 is 14.3 Å². The molecule has 18 heavy (non-hydrogen) atoms. The molecule has 2 rings (SSSR count). The van der Waals surface area contributed by atoms with E-state index in [1.165, 1.54) is 0 Å². The van der Waals surface area contributed by atoms with Crippen LogP contribution in [-0.4, -0.2) is 26.4 Å². The number of aryl methyl sites for hydroxylation is 1. The van der Waals surface area contributed by atoms with E-state index in [-0.39, 0.29) is 0 Å². The van der Waals surface area contributed by atoms with Gasteiger partial charge in [-0.1, -0.05) is 6.07 Å². The molecule has 0 aliphatic carbocycles. The smallest absolute Gasteiger partial charge is 0.235 e. The number of hydrogen-bond donors (Lipinski definition) is 0. The number of rotatable bonds is 3. The molecular formula is C14H17NO3. The first-order chi connectivity index (χ1) is 8.72. The maximum absolute atomic E-state index is 10.7. The van der Waals surface area contributed by atoms with Crippen LogP contribution in [0.25, 0.3) is 0 Å². The Morgan fingerprint density at radius 1 is 1.39 bits per heavy atom. The van der Waals surface area contributed by atoms with Crippen LogP contribution < -0.4 is 4.74 Å². The van der Waals surface area contributed by atoms with Gasteiger partial charge >= 0.3 is 0 Å². The molecule has 0 N–H and O–H groups in total. The SMILES string of the molecule is COc1ccc(C2(N=C=O)CCOCC2)cc1C. The van der Waals surface area contributed by atoms with E-state index in [0.717, 1.165) is 16.9 Å². The lowest BCUT2D eigenvalue weighted by atomic mass is 9.82. The second-order valence-corrected chi connectivity index (χ2v) is 4.53. The molecule has 0 atom stereocenters. The average molecular weight is 247 g/mol. The fourth-order valence-electron chi connectivity index (χ4n) is 2.43. The van der Waals surface area contributed by atoms with Crippen LogP contribution in [0.3, 0.4) is 0 Å². The highest BCUT2D eigenvalue weighted by Crippen LogP contribution is 2.37. The Morgan fingerprint density at radius 2 is 2.11 bits per heavy atom. The van der Waals surface area contributed by atoms with Crippen molar-refractivity contribution in [1.82, 2.24) is 0 Å². The Bertz CT molecular complexity index is 472. The number of nitrogens with zero attached hydrogens (tertiary/aromatic N) is 1. The third-order valence-corrected chi connectivity index (χ3v) is 3.51. The second-order valence-electron chi connectivity index (χ2n) is 4.53. The minimum atomic E-state index is -0.475. The summed E-state index contributed by atoms with van der Waals surface area (Å²) in [6.45, 7) is 3.23. The van der Waals surface area contributed by atoms with Crippen LogP contribution in [0.4, 0.5) is 0 Å². The van der Waals surface area contributed by atoms with Gasteiger partial charge in [0, 0.05) is 26.1 Å². The maximum Gasteiger partial charge on any atom is 0.235 e. The van der Waals surface area contributed by atoms with Crippen molar-refractivity contribution in [3.8, 4) is 5.75 Å². The number of hydrogen-bond acceptors (Lipinski definition) is 4. The Kier molecular flexibility index (Phi) is 3.80. The number of isocyanates is 1. The summed E-state index contributed by atoms with van der Waals surface area (Å²) in [5, 5.41) is 0. The predicted molar refractivity (Wildman–Crippen MR) is 67.6 cm³/mol. The minimum Gasteiger partial charge on any atom is -0.496 e. The topological polar surface area (TPSA) is 47.9 Å². The van der Waals surface area contributed by atoms with Gasteiger partial charge in [0.1, 0.15) is 11.3 Å². The first-order valence-corrected chi connectivity index (χ1v) is 6.04. The molecule has 0 spiro atoms. The highest BCUT2D eigenvalue weighted by Gasteiger charge is 2.34. The lowest BCUT2D eigenvalue weighted by Crippen LogP contribution is -2.32. The zero-order valence-corrected chi connectivity index (χ0v) is 10.7. The van der Waals surface area contributed by atoms with E-state index in [2.05, 4.69) is 4.99 Å². The number of methoxy groups -OCH3 is 1. The first kappa shape index (κ1) is 12.8. The lowest BCUT2D eigenvalue weighted by molar-refractivity contribution is 0.0531. The van der Waals surface area contributed by atoms with Crippen LogP contribution in [0.5, 0.6) is 5.75 Å². The Balaban J connectivity index is 2.42. The highest BCUT2D eigenvalue weighted by atomic mass is 16.5. The summed E-state index contributed by atoms with van der Waals surface area (Å²) in [4.78, 5) is 14.8. The van der Waals surface area contributed by atoms with Crippen LogP contribution in [-0.2, 0) is 15.1 Å². The molecule has 1 aromatic rings. The first-order valence-electron chi connectivity index (χ1n) is 6.04. The molecule has 0 bridgehead atoms. The van der Waals surface area contributed by atoms with Gasteiger partial charge in [0.2, 0.25) is 6.08 Å². The summed E-state index contributed by atoms with van der Waals surface area (Å²) in [7, 11) is 1.65. The summed E-state index contributed by atoms with van der Waals surface area (Å²) in [6, 6.07) is 5.92. The van der Waals surface area contributed by atoms with Crippen molar-refractivity contribution in [1.29, 1.82) is 0 Å². The number of benzene rings is 1. The summed E-state index contributed by atoms with van der Waals surface area (Å²) in [5.74, 6) is 0.844. The van der Waals surface area contributed by atoms with Gasteiger partial charge < -0.3 is 9.47 Å². The molecule has 96 valence electrons. The van der Waals surface area contributed by atoms with Crippen molar-refractivity contribution in [2.45, 2.75) is 25.3 Å². The van der Waals surface area contributed by atoms with Crippen molar-refractivity contribution in [2.75, 3.05) is 20.3 Å². The molecule has 1 aliphatic rings. The van der Waals surface area contributed by atoms with Crippen molar-refractivity contribution >= 4 is 6.08 Å². The molecule has 0 saturated carbocycles. The Morgan fingerprint density at radius 3 is 2.67 bits per heavy atom. The summed E-state index contributed by atoms with van der Waals surface area (Å²) >= 11 is 0. The van der Waals surface area contributed by atoms with Crippen LogP contribution in [0.1, 0.15) is 24.0 Å². The van der Waals surface area contributed by atoms with E-state index in [9.17, 15) is 4.79 Å². The summed E-state index contributed by atoms with van der Waals surface area (Å²) in [6.07, 6.45) is 3.15. The highest BCUT2D eigenvalue weighted by molar-refractivity contribution is 5.43. The van der Waals surface area contributed by atoms with Gasteiger partial charge in [0.25, 0.3) is 0 Å². The fraction of sp³-hybridized carbons (Fsp3) is 0.500. The van der Waals surface area contributed by atoms with E-state index in [4.69, 9.17) is 9.47 Å². The van der Waals surface area contributed by atoms with Crippen LogP contribution >= 0.6 is 0 Å². The van der Waals surface area contributed by atoms with Gasteiger partial charge in [-0.05, 0) is 30.2 Å². The predicted octanol–water partition coefficient (Wildman–Crippen LogP) is 2.35. The molecule has 1 aliphatic heterocycles. The van der Waals surface area contributed by atoms with Crippen molar-refractivity contribution in [3.05, 3.63) is 29.3 Å². The summed E-state index contributed by atoms with van der Waals surface area (Å²) in [5.41, 5.74) is 1.60. The van der Waals surface area contributed by atoms with Gasteiger partial charge in [0.05, 0.1) is 7.11 Å². The Labute approximate surface area is 107 Å². The molecule has 1 heterocycles. The van der Waals surface area contributed by atoms with Crippen LogP contribution in [0.2, 0.25) is 0 Å². The largest absolute Gasteiger partial charge is 0.496 e. The van der Waals surface area contributed by atoms with Gasteiger partial charge in [0.15, 0.2) is 0 Å². The van der Waals surface area contributed by atoms with Gasteiger partial charge in [-0.2, -0.15) is 4.99 Å². The van der Waals surface area contributed by atoms with E-state index >= 15 is 0 Å². The molecule has 1 fully saturated rings. The fourth-order valence-corrected chi connectivity index (χ4v) is 2.43. The van der Waals surface area contributed by atoms with E-state index in [1.807, 2.05) is 25.1 Å². The second kappa shape index (κ2) is 5.34. The minimum absolute atomic E-state index is 0.475. The third kappa shape index (κ3) is 2.30. The monoisotopic (exact) mass is 247 g/mol. The number of aliphatic imine (C=N–C) groups is 1. The molecule has 1 saturated heterocycles. The van der Waals surface area contributed by atoms with Crippen LogP contribution in [0.15, 0.2) is 23.2 Å². The van der Waals surface area contributed by atoms with Gasteiger partial charge in [-0.25, -0.2) is 4.79 Å². The normalized spacial score (nSPS) is 17.9.